The highest BCUT2D eigenvalue weighted by molar-refractivity contribution is 5.39. The Morgan fingerprint density at radius 1 is 1.17 bits per heavy atom. The first-order valence-electron chi connectivity index (χ1n) is 7.43. The lowest BCUT2D eigenvalue weighted by atomic mass is 9.91. The van der Waals surface area contributed by atoms with Gasteiger partial charge in [0.25, 0.3) is 0 Å². The lowest BCUT2D eigenvalue weighted by Gasteiger charge is -2.23. The molecular formula is C17H27N. The molecule has 0 bridgehead atoms. The minimum atomic E-state index is 0.568. The van der Waals surface area contributed by atoms with E-state index in [-0.39, 0.29) is 0 Å². The van der Waals surface area contributed by atoms with E-state index in [9.17, 15) is 0 Å². The molecule has 0 amide bonds. The summed E-state index contributed by atoms with van der Waals surface area (Å²) in [5, 5.41) is 3.76. The van der Waals surface area contributed by atoms with E-state index in [2.05, 4.69) is 45.1 Å². The molecule has 18 heavy (non-hydrogen) atoms. The summed E-state index contributed by atoms with van der Waals surface area (Å²) in [5.74, 6) is 0.972. The van der Waals surface area contributed by atoms with Crippen molar-refractivity contribution in [3.63, 3.8) is 0 Å². The predicted molar refractivity (Wildman–Crippen MR) is 79.0 cm³/mol. The molecule has 1 nitrogen and oxygen atoms in total. The van der Waals surface area contributed by atoms with E-state index < -0.39 is 0 Å². The summed E-state index contributed by atoms with van der Waals surface area (Å²) in [6.45, 7) is 10.1. The van der Waals surface area contributed by atoms with Crippen molar-refractivity contribution in [2.75, 3.05) is 6.54 Å². The molecule has 0 spiro atoms. The monoisotopic (exact) mass is 245 g/mol. The highest BCUT2D eigenvalue weighted by Gasteiger charge is 2.27. The van der Waals surface area contributed by atoms with Crippen LogP contribution in [0.3, 0.4) is 0 Å². The molecule has 100 valence electrons. The van der Waals surface area contributed by atoms with E-state index in [0.29, 0.717) is 6.04 Å². The number of benzene rings is 1. The molecule has 1 fully saturated rings. The molecule has 1 aliphatic rings. The minimum Gasteiger partial charge on any atom is -0.310 e. The maximum Gasteiger partial charge on any atom is 0.0328 e. The lowest BCUT2D eigenvalue weighted by Crippen LogP contribution is -2.24. The van der Waals surface area contributed by atoms with Crippen LogP contribution >= 0.6 is 0 Å². The first-order chi connectivity index (χ1) is 8.61. The van der Waals surface area contributed by atoms with Crippen LogP contribution in [0.2, 0.25) is 0 Å². The molecule has 0 aliphatic heterocycles. The van der Waals surface area contributed by atoms with E-state index in [1.165, 1.54) is 42.4 Å². The van der Waals surface area contributed by atoms with Crippen LogP contribution in [0.1, 0.15) is 60.9 Å². The molecule has 1 N–H and O–H groups in total. The van der Waals surface area contributed by atoms with Crippen molar-refractivity contribution >= 4 is 0 Å². The number of aryl methyl sites for hydroxylation is 3. The highest BCUT2D eigenvalue weighted by Crippen LogP contribution is 2.39. The van der Waals surface area contributed by atoms with Gasteiger partial charge >= 0.3 is 0 Å². The molecule has 0 saturated heterocycles. The van der Waals surface area contributed by atoms with Gasteiger partial charge in [-0.3, -0.25) is 0 Å². The second kappa shape index (κ2) is 5.88. The van der Waals surface area contributed by atoms with Crippen molar-refractivity contribution in [2.24, 2.45) is 5.92 Å². The Morgan fingerprint density at radius 2 is 1.78 bits per heavy atom. The van der Waals surface area contributed by atoms with Crippen LogP contribution in [-0.4, -0.2) is 6.54 Å². The van der Waals surface area contributed by atoms with Crippen molar-refractivity contribution in [3.05, 3.63) is 34.4 Å². The first-order valence-corrected chi connectivity index (χ1v) is 7.43. The summed E-state index contributed by atoms with van der Waals surface area (Å²) in [4.78, 5) is 0. The van der Waals surface area contributed by atoms with Gasteiger partial charge in [-0.05, 0) is 62.8 Å². The topological polar surface area (TPSA) is 12.0 Å². The average molecular weight is 245 g/mol. The maximum absolute atomic E-state index is 3.76. The SMILES string of the molecule is CCCNC(CC1CC1)c1c(C)cc(C)cc1C. The second-order valence-electron chi connectivity index (χ2n) is 6.00. The van der Waals surface area contributed by atoms with E-state index in [0.717, 1.165) is 12.5 Å². The van der Waals surface area contributed by atoms with Gasteiger partial charge in [0.1, 0.15) is 0 Å². The fourth-order valence-corrected chi connectivity index (χ4v) is 3.05. The molecule has 1 heteroatoms. The molecule has 1 aliphatic carbocycles. The third-order valence-electron chi connectivity index (χ3n) is 3.99. The molecular weight excluding hydrogens is 218 g/mol. The number of hydrogen-bond acceptors (Lipinski definition) is 1. The zero-order valence-corrected chi connectivity index (χ0v) is 12.3. The fraction of sp³-hybridized carbons (Fsp3) is 0.647. The Bertz CT molecular complexity index is 381. The smallest absolute Gasteiger partial charge is 0.0328 e. The van der Waals surface area contributed by atoms with Gasteiger partial charge in [-0.2, -0.15) is 0 Å². The van der Waals surface area contributed by atoms with Crippen LogP contribution in [0.15, 0.2) is 12.1 Å². The number of rotatable bonds is 6. The Morgan fingerprint density at radius 3 is 2.28 bits per heavy atom. The maximum atomic E-state index is 3.76. The van der Waals surface area contributed by atoms with Crippen molar-refractivity contribution in [2.45, 2.75) is 59.4 Å². The van der Waals surface area contributed by atoms with Crippen molar-refractivity contribution in [3.8, 4) is 0 Å². The Hall–Kier alpha value is -0.820. The van der Waals surface area contributed by atoms with Gasteiger partial charge in [0.05, 0.1) is 0 Å². The van der Waals surface area contributed by atoms with Gasteiger partial charge < -0.3 is 5.32 Å². The van der Waals surface area contributed by atoms with Crippen molar-refractivity contribution in [1.82, 2.24) is 5.32 Å². The molecule has 1 atom stereocenters. The van der Waals surface area contributed by atoms with Gasteiger partial charge in [0, 0.05) is 6.04 Å². The van der Waals surface area contributed by atoms with Gasteiger partial charge in [-0.1, -0.05) is 37.5 Å². The summed E-state index contributed by atoms with van der Waals surface area (Å²) < 4.78 is 0. The molecule has 0 heterocycles. The minimum absolute atomic E-state index is 0.568. The lowest BCUT2D eigenvalue weighted by molar-refractivity contribution is 0.470. The fourth-order valence-electron chi connectivity index (χ4n) is 3.05. The second-order valence-corrected chi connectivity index (χ2v) is 6.00. The zero-order chi connectivity index (χ0) is 13.1. The predicted octanol–water partition coefficient (Wildman–Crippen LogP) is 4.45. The molecule has 0 radical (unpaired) electrons. The Balaban J connectivity index is 2.22. The van der Waals surface area contributed by atoms with Crippen LogP contribution in [0, 0.1) is 26.7 Å². The molecule has 2 rings (SSSR count). The van der Waals surface area contributed by atoms with Crippen molar-refractivity contribution < 1.29 is 0 Å². The van der Waals surface area contributed by atoms with Crippen LogP contribution < -0.4 is 5.32 Å². The van der Waals surface area contributed by atoms with E-state index >= 15 is 0 Å². The van der Waals surface area contributed by atoms with E-state index in [4.69, 9.17) is 0 Å². The van der Waals surface area contributed by atoms with E-state index in [1.54, 1.807) is 5.56 Å². The van der Waals surface area contributed by atoms with E-state index in [1.807, 2.05) is 0 Å². The normalized spacial score (nSPS) is 16.9. The summed E-state index contributed by atoms with van der Waals surface area (Å²) in [6, 6.07) is 5.23. The first kappa shape index (κ1) is 13.6. The molecule has 1 aromatic rings. The highest BCUT2D eigenvalue weighted by atomic mass is 14.9. The van der Waals surface area contributed by atoms with Crippen LogP contribution in [0.5, 0.6) is 0 Å². The van der Waals surface area contributed by atoms with Gasteiger partial charge in [0.2, 0.25) is 0 Å². The van der Waals surface area contributed by atoms with Crippen LogP contribution in [-0.2, 0) is 0 Å². The number of hydrogen-bond donors (Lipinski definition) is 1. The summed E-state index contributed by atoms with van der Waals surface area (Å²) >= 11 is 0. The summed E-state index contributed by atoms with van der Waals surface area (Å²) in [5.41, 5.74) is 5.86. The van der Waals surface area contributed by atoms with Crippen LogP contribution in [0.25, 0.3) is 0 Å². The summed E-state index contributed by atoms with van der Waals surface area (Å²) in [7, 11) is 0. The Labute approximate surface area is 112 Å². The van der Waals surface area contributed by atoms with Crippen molar-refractivity contribution in [1.29, 1.82) is 0 Å². The van der Waals surface area contributed by atoms with Crippen LogP contribution in [0.4, 0.5) is 0 Å². The largest absolute Gasteiger partial charge is 0.310 e. The van der Waals surface area contributed by atoms with Gasteiger partial charge in [-0.25, -0.2) is 0 Å². The zero-order valence-electron chi connectivity index (χ0n) is 12.3. The third kappa shape index (κ3) is 3.35. The van der Waals surface area contributed by atoms with Gasteiger partial charge in [-0.15, -0.1) is 0 Å². The standard InChI is InChI=1S/C17H27N/c1-5-8-18-16(11-15-6-7-15)17-13(3)9-12(2)10-14(17)4/h9-10,15-16,18H,5-8,11H2,1-4H3. The average Bonchev–Trinajstić information content (AvgIpc) is 3.08. The third-order valence-corrected chi connectivity index (χ3v) is 3.99. The molecule has 1 saturated carbocycles. The summed E-state index contributed by atoms with van der Waals surface area (Å²) in [6.07, 6.45) is 5.42. The molecule has 0 aromatic heterocycles. The van der Waals surface area contributed by atoms with Gasteiger partial charge in [0.15, 0.2) is 0 Å². The molecule has 1 aromatic carbocycles. The quantitative estimate of drug-likeness (QED) is 0.780. The number of nitrogens with one attached hydrogen (secondary N) is 1. The molecule has 1 unspecified atom stereocenters. The Kier molecular flexibility index (Phi) is 4.45.